The predicted molar refractivity (Wildman–Crippen MR) is 60.3 cm³/mol. The molecule has 0 aromatic heterocycles. The largest absolute Gasteiger partial charge is 0.308 e. The summed E-state index contributed by atoms with van der Waals surface area (Å²) in [4.78, 5) is 1.01. The molecule has 2 heteroatoms. The Morgan fingerprint density at radius 2 is 1.69 bits per heavy atom. The molecular weight excluding hydrogens is 178 g/mol. The van der Waals surface area contributed by atoms with Crippen LogP contribution in [0.1, 0.15) is 26.3 Å². The number of rotatable bonds is 2. The third-order valence-corrected chi connectivity index (χ3v) is 2.06. The molecule has 1 rings (SSSR count). The van der Waals surface area contributed by atoms with E-state index in [0.29, 0.717) is 0 Å². The van der Waals surface area contributed by atoms with Crippen LogP contribution >= 0.6 is 12.6 Å². The van der Waals surface area contributed by atoms with Crippen molar-refractivity contribution in [3.05, 3.63) is 29.8 Å². The summed E-state index contributed by atoms with van der Waals surface area (Å²) < 4.78 is 0. The van der Waals surface area contributed by atoms with Gasteiger partial charge in [-0.3, -0.25) is 0 Å². The summed E-state index contributed by atoms with van der Waals surface area (Å²) >= 11 is 4.24. The Bertz CT molecular complexity index is 258. The Morgan fingerprint density at radius 3 is 2.15 bits per heavy atom. The molecule has 0 unspecified atom stereocenters. The average molecular weight is 195 g/mol. The van der Waals surface area contributed by atoms with Gasteiger partial charge in [-0.2, -0.15) is 0 Å². The minimum absolute atomic E-state index is 0.180. The highest BCUT2D eigenvalue weighted by Gasteiger charge is 2.07. The fourth-order valence-electron chi connectivity index (χ4n) is 0.981. The first-order valence-corrected chi connectivity index (χ1v) is 4.95. The monoisotopic (exact) mass is 195 g/mol. The summed E-state index contributed by atoms with van der Waals surface area (Å²) in [6.07, 6.45) is 0. The van der Waals surface area contributed by atoms with Crippen molar-refractivity contribution in [1.29, 1.82) is 0 Å². The van der Waals surface area contributed by atoms with E-state index in [2.05, 4.69) is 50.8 Å². The first-order chi connectivity index (χ1) is 5.97. The van der Waals surface area contributed by atoms with Gasteiger partial charge < -0.3 is 5.32 Å². The van der Waals surface area contributed by atoms with Gasteiger partial charge in [0.2, 0.25) is 0 Å². The van der Waals surface area contributed by atoms with Gasteiger partial charge in [0.05, 0.1) is 0 Å². The number of nitrogens with one attached hydrogen (secondary N) is 1. The van der Waals surface area contributed by atoms with Crippen molar-refractivity contribution in [2.75, 3.05) is 0 Å². The SMILES string of the molecule is CC(C)(C)NCc1ccc(S)cc1. The summed E-state index contributed by atoms with van der Waals surface area (Å²) in [5.74, 6) is 0. The molecule has 0 bridgehead atoms. The maximum absolute atomic E-state index is 4.24. The molecule has 0 heterocycles. The molecule has 1 N–H and O–H groups in total. The van der Waals surface area contributed by atoms with Gasteiger partial charge in [-0.25, -0.2) is 0 Å². The molecule has 0 aliphatic heterocycles. The zero-order chi connectivity index (χ0) is 9.90. The molecule has 0 spiro atoms. The fraction of sp³-hybridized carbons (Fsp3) is 0.455. The lowest BCUT2D eigenvalue weighted by molar-refractivity contribution is 0.424. The van der Waals surface area contributed by atoms with Gasteiger partial charge in [0.25, 0.3) is 0 Å². The van der Waals surface area contributed by atoms with Gasteiger partial charge in [0.1, 0.15) is 0 Å². The minimum atomic E-state index is 0.180. The van der Waals surface area contributed by atoms with E-state index < -0.39 is 0 Å². The molecule has 1 aromatic carbocycles. The lowest BCUT2D eigenvalue weighted by Crippen LogP contribution is -2.34. The highest BCUT2D eigenvalue weighted by atomic mass is 32.1. The molecular formula is C11H17NS. The van der Waals surface area contributed by atoms with Gasteiger partial charge in [0.15, 0.2) is 0 Å². The van der Waals surface area contributed by atoms with Crippen LogP contribution in [0.2, 0.25) is 0 Å². The molecule has 1 nitrogen and oxygen atoms in total. The van der Waals surface area contributed by atoms with Gasteiger partial charge in [-0.15, -0.1) is 12.6 Å². The summed E-state index contributed by atoms with van der Waals surface area (Å²) in [5.41, 5.74) is 1.48. The quantitative estimate of drug-likeness (QED) is 0.692. The van der Waals surface area contributed by atoms with E-state index in [1.807, 2.05) is 12.1 Å². The van der Waals surface area contributed by atoms with Crippen molar-refractivity contribution in [3.63, 3.8) is 0 Å². The van der Waals surface area contributed by atoms with Crippen LogP contribution in [0.3, 0.4) is 0 Å². The van der Waals surface area contributed by atoms with Gasteiger partial charge in [-0.05, 0) is 38.5 Å². The summed E-state index contributed by atoms with van der Waals surface area (Å²) in [6.45, 7) is 7.41. The predicted octanol–water partition coefficient (Wildman–Crippen LogP) is 2.86. The maximum Gasteiger partial charge on any atom is 0.0210 e. The van der Waals surface area contributed by atoms with Crippen LogP contribution in [0.5, 0.6) is 0 Å². The molecule has 72 valence electrons. The van der Waals surface area contributed by atoms with Crippen LogP contribution in [0, 0.1) is 0 Å². The smallest absolute Gasteiger partial charge is 0.0210 e. The van der Waals surface area contributed by atoms with E-state index >= 15 is 0 Å². The Balaban J connectivity index is 2.51. The van der Waals surface area contributed by atoms with Crippen LogP contribution in [-0.2, 0) is 6.54 Å². The molecule has 13 heavy (non-hydrogen) atoms. The third kappa shape index (κ3) is 4.34. The Hall–Kier alpha value is -0.470. The van der Waals surface area contributed by atoms with E-state index in [0.717, 1.165) is 11.4 Å². The molecule has 0 saturated carbocycles. The zero-order valence-corrected chi connectivity index (χ0v) is 9.36. The average Bonchev–Trinajstić information content (AvgIpc) is 2.02. The van der Waals surface area contributed by atoms with Crippen molar-refractivity contribution in [2.24, 2.45) is 0 Å². The van der Waals surface area contributed by atoms with Crippen molar-refractivity contribution < 1.29 is 0 Å². The lowest BCUT2D eigenvalue weighted by atomic mass is 10.1. The van der Waals surface area contributed by atoms with Crippen molar-refractivity contribution >= 4 is 12.6 Å². The van der Waals surface area contributed by atoms with Gasteiger partial charge in [-0.1, -0.05) is 12.1 Å². The normalized spacial score (nSPS) is 11.7. The minimum Gasteiger partial charge on any atom is -0.308 e. The number of thiol groups is 1. The van der Waals surface area contributed by atoms with Gasteiger partial charge >= 0.3 is 0 Å². The maximum atomic E-state index is 4.24. The summed E-state index contributed by atoms with van der Waals surface area (Å²) in [6, 6.07) is 8.23. The standard InChI is InChI=1S/C11H17NS/c1-11(2,3)12-8-9-4-6-10(13)7-5-9/h4-7,12-13H,8H2,1-3H3. The van der Waals surface area contributed by atoms with E-state index in [9.17, 15) is 0 Å². The van der Waals surface area contributed by atoms with Crippen LogP contribution in [0.15, 0.2) is 29.2 Å². The molecule has 0 radical (unpaired) electrons. The van der Waals surface area contributed by atoms with Crippen molar-refractivity contribution in [1.82, 2.24) is 5.32 Å². The van der Waals surface area contributed by atoms with Crippen LogP contribution in [-0.4, -0.2) is 5.54 Å². The number of benzene rings is 1. The summed E-state index contributed by atoms with van der Waals surface area (Å²) in [7, 11) is 0. The number of hydrogen-bond donors (Lipinski definition) is 2. The molecule has 0 atom stereocenters. The van der Waals surface area contributed by atoms with E-state index in [1.54, 1.807) is 0 Å². The molecule has 1 aromatic rings. The Labute approximate surface area is 86.0 Å². The van der Waals surface area contributed by atoms with E-state index in [-0.39, 0.29) is 5.54 Å². The highest BCUT2D eigenvalue weighted by molar-refractivity contribution is 7.80. The Morgan fingerprint density at radius 1 is 1.15 bits per heavy atom. The second-order valence-corrected chi connectivity index (χ2v) is 4.79. The number of hydrogen-bond acceptors (Lipinski definition) is 2. The third-order valence-electron chi connectivity index (χ3n) is 1.76. The van der Waals surface area contributed by atoms with Crippen LogP contribution in [0.25, 0.3) is 0 Å². The van der Waals surface area contributed by atoms with E-state index in [4.69, 9.17) is 0 Å². The van der Waals surface area contributed by atoms with Crippen molar-refractivity contribution in [2.45, 2.75) is 37.8 Å². The van der Waals surface area contributed by atoms with Crippen molar-refractivity contribution in [3.8, 4) is 0 Å². The second kappa shape index (κ2) is 4.16. The van der Waals surface area contributed by atoms with Crippen LogP contribution in [0.4, 0.5) is 0 Å². The first-order valence-electron chi connectivity index (χ1n) is 4.50. The molecule has 0 fully saturated rings. The zero-order valence-electron chi connectivity index (χ0n) is 8.46. The molecule has 0 amide bonds. The summed E-state index contributed by atoms with van der Waals surface area (Å²) in [5, 5.41) is 3.43. The fourth-order valence-corrected chi connectivity index (χ4v) is 1.13. The Kier molecular flexibility index (Phi) is 3.40. The van der Waals surface area contributed by atoms with E-state index in [1.165, 1.54) is 5.56 Å². The highest BCUT2D eigenvalue weighted by Crippen LogP contribution is 2.08. The molecule has 0 aliphatic carbocycles. The topological polar surface area (TPSA) is 12.0 Å². The molecule has 0 aliphatic rings. The van der Waals surface area contributed by atoms with Crippen LogP contribution < -0.4 is 5.32 Å². The second-order valence-electron chi connectivity index (χ2n) is 4.27. The molecule has 0 saturated heterocycles. The van der Waals surface area contributed by atoms with Gasteiger partial charge in [0, 0.05) is 17.0 Å². The first kappa shape index (κ1) is 10.6. The lowest BCUT2D eigenvalue weighted by Gasteiger charge is -2.20.